The second-order valence-corrected chi connectivity index (χ2v) is 7.83. The Bertz CT molecular complexity index is 953. The van der Waals surface area contributed by atoms with Crippen LogP contribution in [0.1, 0.15) is 41.4 Å². The fourth-order valence-corrected chi connectivity index (χ4v) is 3.87. The number of nitrogens with one attached hydrogen (secondary N) is 1. The van der Waals surface area contributed by atoms with Crippen molar-refractivity contribution in [1.29, 1.82) is 0 Å². The Kier molecular flexibility index (Phi) is 6.16. The van der Waals surface area contributed by atoms with Gasteiger partial charge in [-0.1, -0.05) is 6.92 Å². The number of amides is 2. The van der Waals surface area contributed by atoms with Gasteiger partial charge < -0.3 is 20.5 Å². The summed E-state index contributed by atoms with van der Waals surface area (Å²) in [7, 11) is 1.44. The molecule has 0 spiro atoms. The third-order valence-corrected chi connectivity index (χ3v) is 5.54. The molecule has 156 valence electrons. The fourth-order valence-electron chi connectivity index (χ4n) is 3.67. The van der Waals surface area contributed by atoms with Gasteiger partial charge in [0.15, 0.2) is 6.17 Å². The Morgan fingerprint density at radius 1 is 1.41 bits per heavy atom. The molecule has 1 fully saturated rings. The molecule has 1 aliphatic rings. The molecule has 0 radical (unpaired) electrons. The lowest BCUT2D eigenvalue weighted by Gasteiger charge is -2.20. The number of ether oxygens (including phenoxy) is 2. The summed E-state index contributed by atoms with van der Waals surface area (Å²) in [5.74, 6) is -1.10. The van der Waals surface area contributed by atoms with Gasteiger partial charge in [-0.05, 0) is 36.4 Å². The summed E-state index contributed by atoms with van der Waals surface area (Å²) in [6.45, 7) is 3.79. The number of methoxy groups -OCH3 is 1. The molecule has 2 amide bonds. The van der Waals surface area contributed by atoms with Gasteiger partial charge in [-0.2, -0.15) is 12.6 Å². The number of rotatable bonds is 7. The van der Waals surface area contributed by atoms with E-state index in [1.54, 1.807) is 18.3 Å². The molecule has 3 N–H and O–H groups in total. The van der Waals surface area contributed by atoms with Crippen LogP contribution in [0.15, 0.2) is 18.3 Å². The van der Waals surface area contributed by atoms with E-state index >= 15 is 0 Å². The molecule has 2 heterocycles. The first-order chi connectivity index (χ1) is 13.8. The van der Waals surface area contributed by atoms with Crippen LogP contribution in [0, 0.1) is 5.92 Å². The predicted octanol–water partition coefficient (Wildman–Crippen LogP) is 2.57. The van der Waals surface area contributed by atoms with Crippen molar-refractivity contribution in [2.45, 2.75) is 37.7 Å². The van der Waals surface area contributed by atoms with E-state index in [1.165, 1.54) is 7.11 Å². The molecule has 1 aromatic heterocycles. The van der Waals surface area contributed by atoms with E-state index in [9.17, 15) is 14.0 Å². The number of benzene rings is 1. The van der Waals surface area contributed by atoms with Gasteiger partial charge in [-0.25, -0.2) is 9.37 Å². The van der Waals surface area contributed by atoms with Crippen LogP contribution < -0.4 is 20.5 Å². The molecule has 0 aliphatic carbocycles. The zero-order chi connectivity index (χ0) is 21.3. The first kappa shape index (κ1) is 21.2. The fraction of sp³-hybridized carbons (Fsp3) is 0.450. The molecule has 29 heavy (non-hydrogen) atoms. The zero-order valence-corrected chi connectivity index (χ0v) is 17.3. The van der Waals surface area contributed by atoms with Crippen molar-refractivity contribution < 1.29 is 23.5 Å². The maximum absolute atomic E-state index is 14.0. The number of pyridine rings is 1. The maximum Gasteiger partial charge on any atom is 0.255 e. The third kappa shape index (κ3) is 3.96. The van der Waals surface area contributed by atoms with Crippen molar-refractivity contribution >= 4 is 35.2 Å². The largest absolute Gasteiger partial charge is 0.496 e. The van der Waals surface area contributed by atoms with Crippen LogP contribution in [-0.2, 0) is 4.79 Å². The van der Waals surface area contributed by atoms with Gasteiger partial charge in [0, 0.05) is 22.8 Å². The number of nitrogens with two attached hydrogens (primary N) is 1. The predicted molar refractivity (Wildman–Crippen MR) is 110 cm³/mol. The number of carbonyl (C=O) groups excluding carboxylic acids is 2. The van der Waals surface area contributed by atoms with Gasteiger partial charge >= 0.3 is 0 Å². The Balaban J connectivity index is 2.01. The highest BCUT2D eigenvalue weighted by Crippen LogP contribution is 2.36. The Morgan fingerprint density at radius 2 is 2.14 bits per heavy atom. The number of halogens is 1. The summed E-state index contributed by atoms with van der Waals surface area (Å²) in [6, 6.07) is 2.83. The van der Waals surface area contributed by atoms with Gasteiger partial charge in [-0.3, -0.25) is 9.59 Å². The molecular formula is C20H24FN3O4S. The summed E-state index contributed by atoms with van der Waals surface area (Å²) >= 11 is 4.48. The first-order valence-corrected chi connectivity index (χ1v) is 9.85. The zero-order valence-electron chi connectivity index (χ0n) is 16.4. The van der Waals surface area contributed by atoms with E-state index in [2.05, 4.69) is 22.9 Å². The van der Waals surface area contributed by atoms with Crippen molar-refractivity contribution in [2.75, 3.05) is 13.7 Å². The molecule has 2 aromatic rings. The van der Waals surface area contributed by atoms with Gasteiger partial charge in [0.2, 0.25) is 5.88 Å². The molecule has 4 atom stereocenters. The normalized spacial score (nSPS) is 22.4. The number of thiol groups is 1. The van der Waals surface area contributed by atoms with Crippen molar-refractivity contribution in [1.82, 2.24) is 10.3 Å². The van der Waals surface area contributed by atoms with Gasteiger partial charge in [0.25, 0.3) is 11.8 Å². The highest BCUT2D eigenvalue weighted by molar-refractivity contribution is 7.80. The smallest absolute Gasteiger partial charge is 0.255 e. The number of alkyl halides is 1. The summed E-state index contributed by atoms with van der Waals surface area (Å²) in [5, 5.41) is 3.80. The molecule has 0 saturated carbocycles. The van der Waals surface area contributed by atoms with Crippen LogP contribution in [0.5, 0.6) is 11.6 Å². The summed E-state index contributed by atoms with van der Waals surface area (Å²) in [5.41, 5.74) is 6.52. The lowest BCUT2D eigenvalue weighted by atomic mass is 9.97. The molecule has 1 aromatic carbocycles. The molecule has 1 aliphatic heterocycles. The molecular weight excluding hydrogens is 397 g/mol. The Labute approximate surface area is 173 Å². The van der Waals surface area contributed by atoms with Crippen LogP contribution in [0.3, 0.4) is 0 Å². The first-order valence-electron chi connectivity index (χ1n) is 9.34. The summed E-state index contributed by atoms with van der Waals surface area (Å²) in [6.07, 6.45) is 0.590. The molecule has 3 rings (SSSR count). The minimum atomic E-state index is -1.54. The topological polar surface area (TPSA) is 104 Å². The SMILES string of the molecule is CC[C@@H]1[C@H](F)C(=O)N[C@@H]1COc1ncc(C(C)S)c2cc(C(N)=O)c(OC)cc12. The molecule has 9 heteroatoms. The number of primary amides is 1. The molecule has 1 saturated heterocycles. The summed E-state index contributed by atoms with van der Waals surface area (Å²) in [4.78, 5) is 27.9. The average Bonchev–Trinajstić information content (AvgIpc) is 2.97. The van der Waals surface area contributed by atoms with Crippen molar-refractivity contribution in [2.24, 2.45) is 11.7 Å². The number of fused-ring (bicyclic) bond motifs is 1. The van der Waals surface area contributed by atoms with E-state index in [0.717, 1.165) is 5.56 Å². The quantitative estimate of drug-likeness (QED) is 0.596. The van der Waals surface area contributed by atoms with E-state index in [4.69, 9.17) is 15.2 Å². The van der Waals surface area contributed by atoms with Gasteiger partial charge in [0.1, 0.15) is 12.4 Å². The third-order valence-electron chi connectivity index (χ3n) is 5.26. The number of hydrogen-bond acceptors (Lipinski definition) is 6. The number of hydrogen-bond donors (Lipinski definition) is 3. The van der Waals surface area contributed by atoms with E-state index in [-0.39, 0.29) is 17.4 Å². The highest BCUT2D eigenvalue weighted by Gasteiger charge is 2.41. The maximum atomic E-state index is 14.0. The van der Waals surface area contributed by atoms with Crippen LogP contribution in [-0.4, -0.2) is 42.7 Å². The summed E-state index contributed by atoms with van der Waals surface area (Å²) < 4.78 is 25.2. The monoisotopic (exact) mass is 421 g/mol. The molecule has 7 nitrogen and oxygen atoms in total. The number of aromatic nitrogens is 1. The standard InChI is InChI=1S/C20H24FN3O4S/c1-4-10-15(24-19(26)17(10)21)8-28-20-12-6-16(27-3)13(18(22)25)5-11(12)14(7-23-20)9(2)29/h5-7,9-10,15,17,29H,4,8H2,1-3H3,(H2,22,25)(H,24,26)/t9?,10-,15+,17-/m0/s1. The highest BCUT2D eigenvalue weighted by atomic mass is 32.1. The lowest BCUT2D eigenvalue weighted by Crippen LogP contribution is -2.34. The van der Waals surface area contributed by atoms with Crippen LogP contribution >= 0.6 is 12.6 Å². The van der Waals surface area contributed by atoms with Gasteiger partial charge in [-0.15, -0.1) is 0 Å². The number of carbonyl (C=O) groups is 2. The van der Waals surface area contributed by atoms with E-state index in [0.29, 0.717) is 28.8 Å². The van der Waals surface area contributed by atoms with Gasteiger partial charge in [0.05, 0.1) is 18.7 Å². The van der Waals surface area contributed by atoms with E-state index < -0.39 is 29.9 Å². The Hall–Kier alpha value is -2.55. The Morgan fingerprint density at radius 3 is 2.72 bits per heavy atom. The molecule has 0 bridgehead atoms. The van der Waals surface area contributed by atoms with Crippen LogP contribution in [0.4, 0.5) is 4.39 Å². The second kappa shape index (κ2) is 8.44. The minimum absolute atomic E-state index is 0.0719. The van der Waals surface area contributed by atoms with Crippen LogP contribution in [0.25, 0.3) is 10.8 Å². The minimum Gasteiger partial charge on any atom is -0.496 e. The van der Waals surface area contributed by atoms with Crippen LogP contribution in [0.2, 0.25) is 0 Å². The van der Waals surface area contributed by atoms with Crippen molar-refractivity contribution in [3.8, 4) is 11.6 Å². The lowest BCUT2D eigenvalue weighted by molar-refractivity contribution is -0.123. The molecule has 1 unspecified atom stereocenters. The second-order valence-electron chi connectivity index (χ2n) is 7.06. The number of nitrogens with zero attached hydrogens (tertiary/aromatic N) is 1. The average molecular weight is 421 g/mol. The van der Waals surface area contributed by atoms with Crippen molar-refractivity contribution in [3.63, 3.8) is 0 Å². The van der Waals surface area contributed by atoms with Crippen molar-refractivity contribution in [3.05, 3.63) is 29.5 Å². The van der Waals surface area contributed by atoms with E-state index in [1.807, 2.05) is 13.8 Å².